The van der Waals surface area contributed by atoms with Crippen molar-refractivity contribution in [3.63, 3.8) is 0 Å². The van der Waals surface area contributed by atoms with Crippen LogP contribution in [0, 0.1) is 3.57 Å². The van der Waals surface area contributed by atoms with Crippen molar-refractivity contribution in [3.8, 4) is 5.75 Å². The zero-order chi connectivity index (χ0) is 13.0. The summed E-state index contributed by atoms with van der Waals surface area (Å²) in [6, 6.07) is 15.4. The number of hydrogen-bond acceptors (Lipinski definition) is 2. The van der Waals surface area contributed by atoms with Crippen LogP contribution in [0.3, 0.4) is 0 Å². The van der Waals surface area contributed by atoms with Crippen molar-refractivity contribution in [1.29, 1.82) is 0 Å². The summed E-state index contributed by atoms with van der Waals surface area (Å²) in [5.74, 6) is 0.743. The summed E-state index contributed by atoms with van der Waals surface area (Å²) in [7, 11) is 0. The average molecular weight is 354 g/mol. The van der Waals surface area contributed by atoms with E-state index in [1.54, 1.807) is 0 Å². The fourth-order valence-electron chi connectivity index (χ4n) is 1.86. The first-order valence-corrected chi connectivity index (χ1v) is 6.96. The van der Waals surface area contributed by atoms with Gasteiger partial charge < -0.3 is 9.84 Å². The van der Waals surface area contributed by atoms with Crippen LogP contribution in [0.2, 0.25) is 0 Å². The summed E-state index contributed by atoms with van der Waals surface area (Å²) in [5.41, 5.74) is 1.72. The first-order valence-electron chi connectivity index (χ1n) is 5.88. The molecule has 2 nitrogen and oxygen atoms in total. The molecule has 0 spiro atoms. The Morgan fingerprint density at radius 3 is 2.33 bits per heavy atom. The van der Waals surface area contributed by atoms with Gasteiger partial charge >= 0.3 is 0 Å². The highest BCUT2D eigenvalue weighted by Crippen LogP contribution is 2.31. The second kappa shape index (κ2) is 6.20. The Bertz CT molecular complexity index is 525. The van der Waals surface area contributed by atoms with Crippen molar-refractivity contribution < 1.29 is 9.84 Å². The molecule has 0 amide bonds. The minimum Gasteiger partial charge on any atom is -0.493 e. The Labute approximate surface area is 121 Å². The lowest BCUT2D eigenvalue weighted by atomic mass is 10.0. The third-order valence-corrected chi connectivity index (χ3v) is 3.70. The van der Waals surface area contributed by atoms with E-state index in [4.69, 9.17) is 4.74 Å². The van der Waals surface area contributed by atoms with Gasteiger partial charge in [0.2, 0.25) is 0 Å². The average Bonchev–Trinajstić information content (AvgIpc) is 2.40. The van der Waals surface area contributed by atoms with Gasteiger partial charge in [0.1, 0.15) is 11.9 Å². The van der Waals surface area contributed by atoms with Gasteiger partial charge in [-0.25, -0.2) is 0 Å². The standard InChI is InChI=1S/C15H15IO2/c1-2-18-14-10-6-4-8-12(14)15(17)11-7-3-5-9-13(11)16/h3-10,15,17H,2H2,1H3. The van der Waals surface area contributed by atoms with Gasteiger partial charge in [-0.2, -0.15) is 0 Å². The molecule has 0 radical (unpaired) electrons. The van der Waals surface area contributed by atoms with Gasteiger partial charge in [-0.1, -0.05) is 36.4 Å². The maximum atomic E-state index is 10.5. The molecule has 18 heavy (non-hydrogen) atoms. The van der Waals surface area contributed by atoms with E-state index in [1.807, 2.05) is 55.5 Å². The first kappa shape index (κ1) is 13.4. The van der Waals surface area contributed by atoms with Crippen LogP contribution in [0.1, 0.15) is 24.2 Å². The Hall–Kier alpha value is -1.07. The quantitative estimate of drug-likeness (QED) is 0.847. The van der Waals surface area contributed by atoms with E-state index in [0.717, 1.165) is 20.4 Å². The van der Waals surface area contributed by atoms with Crippen molar-refractivity contribution in [2.45, 2.75) is 13.0 Å². The van der Waals surface area contributed by atoms with E-state index in [2.05, 4.69) is 22.6 Å². The second-order valence-corrected chi connectivity index (χ2v) is 5.06. The van der Waals surface area contributed by atoms with Gasteiger partial charge in [-0.15, -0.1) is 0 Å². The molecule has 2 aromatic carbocycles. The number of hydrogen-bond donors (Lipinski definition) is 1. The molecule has 1 atom stereocenters. The van der Waals surface area contributed by atoms with Crippen molar-refractivity contribution >= 4 is 22.6 Å². The topological polar surface area (TPSA) is 29.5 Å². The summed E-state index contributed by atoms with van der Waals surface area (Å²) in [6.07, 6.45) is -0.652. The van der Waals surface area contributed by atoms with Crippen LogP contribution in [0.15, 0.2) is 48.5 Å². The smallest absolute Gasteiger partial charge is 0.125 e. The van der Waals surface area contributed by atoms with Crippen LogP contribution in [0.25, 0.3) is 0 Å². The van der Waals surface area contributed by atoms with Gasteiger partial charge in [0.25, 0.3) is 0 Å². The lowest BCUT2D eigenvalue weighted by Gasteiger charge is -2.17. The molecule has 1 N–H and O–H groups in total. The summed E-state index contributed by atoms with van der Waals surface area (Å²) in [5, 5.41) is 10.5. The summed E-state index contributed by atoms with van der Waals surface area (Å²) < 4.78 is 6.61. The van der Waals surface area contributed by atoms with E-state index in [0.29, 0.717) is 6.61 Å². The molecule has 0 heterocycles. The van der Waals surface area contributed by atoms with Crippen molar-refractivity contribution in [2.75, 3.05) is 6.61 Å². The number of aliphatic hydroxyl groups excluding tert-OH is 1. The molecule has 3 heteroatoms. The van der Waals surface area contributed by atoms with Crippen LogP contribution in [-0.2, 0) is 0 Å². The van der Waals surface area contributed by atoms with E-state index < -0.39 is 6.10 Å². The van der Waals surface area contributed by atoms with Crippen molar-refractivity contribution in [2.24, 2.45) is 0 Å². The molecule has 94 valence electrons. The number of aliphatic hydroxyl groups is 1. The third kappa shape index (κ3) is 2.84. The van der Waals surface area contributed by atoms with Gasteiger partial charge in [-0.3, -0.25) is 0 Å². The van der Waals surface area contributed by atoms with E-state index in [9.17, 15) is 5.11 Å². The van der Waals surface area contributed by atoms with Crippen LogP contribution in [0.4, 0.5) is 0 Å². The van der Waals surface area contributed by atoms with Crippen molar-refractivity contribution in [3.05, 3.63) is 63.2 Å². The molecular formula is C15H15IO2. The monoisotopic (exact) mass is 354 g/mol. The van der Waals surface area contributed by atoms with Crippen molar-refractivity contribution in [1.82, 2.24) is 0 Å². The Morgan fingerprint density at radius 2 is 1.67 bits per heavy atom. The molecule has 0 aliphatic carbocycles. The Morgan fingerprint density at radius 1 is 1.06 bits per heavy atom. The number of benzene rings is 2. The van der Waals surface area contributed by atoms with Crippen LogP contribution in [-0.4, -0.2) is 11.7 Å². The van der Waals surface area contributed by atoms with E-state index in [1.165, 1.54) is 0 Å². The van der Waals surface area contributed by atoms with Crippen LogP contribution in [0.5, 0.6) is 5.75 Å². The highest BCUT2D eigenvalue weighted by molar-refractivity contribution is 14.1. The largest absolute Gasteiger partial charge is 0.493 e. The number of rotatable bonds is 4. The predicted molar refractivity (Wildman–Crippen MR) is 80.8 cm³/mol. The third-order valence-electron chi connectivity index (χ3n) is 2.71. The lowest BCUT2D eigenvalue weighted by Crippen LogP contribution is -2.05. The van der Waals surface area contributed by atoms with Crippen LogP contribution >= 0.6 is 22.6 Å². The lowest BCUT2D eigenvalue weighted by molar-refractivity contribution is 0.211. The highest BCUT2D eigenvalue weighted by Gasteiger charge is 2.16. The summed E-state index contributed by atoms with van der Waals surface area (Å²) >= 11 is 2.23. The molecule has 0 aliphatic rings. The molecule has 0 saturated carbocycles. The number of para-hydroxylation sites is 1. The summed E-state index contributed by atoms with van der Waals surface area (Å²) in [4.78, 5) is 0. The SMILES string of the molecule is CCOc1ccccc1C(O)c1ccccc1I. The summed E-state index contributed by atoms with van der Waals surface area (Å²) in [6.45, 7) is 2.53. The fraction of sp³-hybridized carbons (Fsp3) is 0.200. The molecule has 0 aromatic heterocycles. The Kier molecular flexibility index (Phi) is 4.60. The van der Waals surface area contributed by atoms with E-state index in [-0.39, 0.29) is 0 Å². The number of ether oxygens (including phenoxy) is 1. The zero-order valence-electron chi connectivity index (χ0n) is 10.1. The van der Waals surface area contributed by atoms with Gasteiger partial charge in [0, 0.05) is 9.13 Å². The Balaban J connectivity index is 2.40. The first-order chi connectivity index (χ1) is 8.74. The maximum absolute atomic E-state index is 10.5. The molecular weight excluding hydrogens is 339 g/mol. The predicted octanol–water partition coefficient (Wildman–Crippen LogP) is 3.77. The molecule has 2 rings (SSSR count). The maximum Gasteiger partial charge on any atom is 0.125 e. The molecule has 1 unspecified atom stereocenters. The van der Waals surface area contributed by atoms with Crippen LogP contribution < -0.4 is 4.74 Å². The normalized spacial score (nSPS) is 12.2. The molecule has 2 aromatic rings. The fourth-order valence-corrected chi connectivity index (χ4v) is 2.54. The van der Waals surface area contributed by atoms with Gasteiger partial charge in [0.15, 0.2) is 0 Å². The zero-order valence-corrected chi connectivity index (χ0v) is 12.3. The molecule has 0 saturated heterocycles. The second-order valence-electron chi connectivity index (χ2n) is 3.89. The number of halogens is 1. The van der Waals surface area contributed by atoms with Gasteiger partial charge in [-0.05, 0) is 47.2 Å². The molecule has 0 fully saturated rings. The highest BCUT2D eigenvalue weighted by atomic mass is 127. The molecule has 0 bridgehead atoms. The minimum absolute atomic E-state index is 0.593. The van der Waals surface area contributed by atoms with Gasteiger partial charge in [0.05, 0.1) is 6.61 Å². The van der Waals surface area contributed by atoms with E-state index >= 15 is 0 Å². The molecule has 0 aliphatic heterocycles. The minimum atomic E-state index is -0.652.